The van der Waals surface area contributed by atoms with Gasteiger partial charge in [0, 0.05) is 25.6 Å². The molecule has 0 aromatic heterocycles. The van der Waals surface area contributed by atoms with Gasteiger partial charge >= 0.3 is 11.9 Å². The first kappa shape index (κ1) is 18.1. The second-order valence-electron chi connectivity index (χ2n) is 4.92. The van der Waals surface area contributed by atoms with Crippen LogP contribution in [0.2, 0.25) is 0 Å². The average molecular weight is 324 g/mol. The minimum atomic E-state index is -1.47. The molecule has 1 heterocycles. The number of carbonyl (C=O) groups excluding carboxylic acids is 1. The Morgan fingerprint density at radius 2 is 1.74 bits per heavy atom. The molecule has 0 bridgehead atoms. The van der Waals surface area contributed by atoms with Crippen molar-refractivity contribution in [3.63, 3.8) is 0 Å². The lowest BCUT2D eigenvalue weighted by Crippen LogP contribution is -2.17. The van der Waals surface area contributed by atoms with Gasteiger partial charge in [-0.05, 0) is 25.5 Å². The third kappa shape index (κ3) is 4.25. The number of nitro benzene ring substituents is 1. The molecule has 1 aromatic carbocycles. The highest BCUT2D eigenvalue weighted by Gasteiger charge is 2.26. The number of amides is 1. The molecule has 1 saturated heterocycles. The molecule has 0 aliphatic carbocycles. The van der Waals surface area contributed by atoms with Crippen LogP contribution in [0, 0.1) is 17.0 Å². The lowest BCUT2D eigenvalue weighted by Gasteiger charge is -2.04. The van der Waals surface area contributed by atoms with Crippen LogP contribution in [0.3, 0.4) is 0 Å². The van der Waals surface area contributed by atoms with Crippen molar-refractivity contribution in [3.05, 3.63) is 38.9 Å². The lowest BCUT2D eigenvalue weighted by molar-refractivity contribution is -0.385. The van der Waals surface area contributed by atoms with Crippen molar-refractivity contribution in [2.24, 2.45) is 0 Å². The number of nitrogens with zero attached hydrogens (tertiary/aromatic N) is 2. The van der Waals surface area contributed by atoms with Crippen LogP contribution in [0.1, 0.15) is 39.1 Å². The summed E-state index contributed by atoms with van der Waals surface area (Å²) < 4.78 is 0. The number of hydrogen-bond donors (Lipinski definition) is 2. The fraction of sp³-hybridized carbons (Fsp3) is 0.357. The number of aromatic carboxylic acids is 2. The van der Waals surface area contributed by atoms with Crippen molar-refractivity contribution < 1.29 is 29.5 Å². The first-order valence-corrected chi connectivity index (χ1v) is 6.65. The van der Waals surface area contributed by atoms with Crippen LogP contribution in [-0.2, 0) is 4.79 Å². The van der Waals surface area contributed by atoms with E-state index in [0.717, 1.165) is 31.5 Å². The summed E-state index contributed by atoms with van der Waals surface area (Å²) in [6.45, 7) is 2.16. The van der Waals surface area contributed by atoms with Gasteiger partial charge < -0.3 is 15.1 Å². The summed E-state index contributed by atoms with van der Waals surface area (Å²) in [4.78, 5) is 43.5. The van der Waals surface area contributed by atoms with Crippen LogP contribution in [0.15, 0.2) is 12.1 Å². The molecule has 0 saturated carbocycles. The highest BCUT2D eigenvalue weighted by atomic mass is 16.6. The fourth-order valence-electron chi connectivity index (χ4n) is 2.12. The molecule has 23 heavy (non-hydrogen) atoms. The Bertz CT molecular complexity index is 669. The van der Waals surface area contributed by atoms with Crippen molar-refractivity contribution in [2.45, 2.75) is 19.8 Å². The molecule has 9 heteroatoms. The van der Waals surface area contributed by atoms with Gasteiger partial charge in [0.15, 0.2) is 0 Å². The Labute approximate surface area is 131 Å². The van der Waals surface area contributed by atoms with Gasteiger partial charge in [-0.1, -0.05) is 0 Å². The van der Waals surface area contributed by atoms with E-state index in [1.165, 1.54) is 6.92 Å². The third-order valence-corrected chi connectivity index (χ3v) is 3.38. The van der Waals surface area contributed by atoms with Crippen molar-refractivity contribution >= 4 is 23.5 Å². The van der Waals surface area contributed by atoms with Gasteiger partial charge in [-0.15, -0.1) is 0 Å². The molecule has 124 valence electrons. The normalized spacial score (nSPS) is 13.3. The van der Waals surface area contributed by atoms with Crippen molar-refractivity contribution in [1.29, 1.82) is 0 Å². The van der Waals surface area contributed by atoms with E-state index in [9.17, 15) is 24.5 Å². The van der Waals surface area contributed by atoms with Gasteiger partial charge in [0.2, 0.25) is 5.91 Å². The largest absolute Gasteiger partial charge is 0.478 e. The Balaban J connectivity index is 0.000000313. The summed E-state index contributed by atoms with van der Waals surface area (Å²) in [6, 6.07) is 1.95. The molecule has 0 unspecified atom stereocenters. The van der Waals surface area contributed by atoms with Gasteiger partial charge in [0.1, 0.15) is 5.56 Å². The molecule has 1 aliphatic heterocycles. The molecule has 2 N–H and O–H groups in total. The number of carboxylic acid groups (broad SMARTS) is 2. The van der Waals surface area contributed by atoms with E-state index in [-0.39, 0.29) is 11.1 Å². The average Bonchev–Trinajstić information content (AvgIpc) is 2.82. The molecule has 1 amide bonds. The molecule has 9 nitrogen and oxygen atoms in total. The van der Waals surface area contributed by atoms with Crippen molar-refractivity contribution in [2.75, 3.05) is 13.6 Å². The number of nitro groups is 1. The van der Waals surface area contributed by atoms with Crippen molar-refractivity contribution in [3.8, 4) is 0 Å². The summed E-state index contributed by atoms with van der Waals surface area (Å²) >= 11 is 0. The monoisotopic (exact) mass is 324 g/mol. The highest BCUT2D eigenvalue weighted by Crippen LogP contribution is 2.26. The summed E-state index contributed by atoms with van der Waals surface area (Å²) in [7, 11) is 1.84. The predicted molar refractivity (Wildman–Crippen MR) is 78.6 cm³/mol. The Kier molecular flexibility index (Phi) is 5.77. The summed E-state index contributed by atoms with van der Waals surface area (Å²) in [6.07, 6.45) is 1.81. The molecule has 1 aliphatic rings. The quantitative estimate of drug-likeness (QED) is 0.635. The zero-order valence-electron chi connectivity index (χ0n) is 12.6. The molecule has 0 radical (unpaired) electrons. The van der Waals surface area contributed by atoms with E-state index in [4.69, 9.17) is 10.2 Å². The van der Waals surface area contributed by atoms with E-state index >= 15 is 0 Å². The maximum Gasteiger partial charge on any atom is 0.342 e. The van der Waals surface area contributed by atoms with Gasteiger partial charge in [-0.3, -0.25) is 14.9 Å². The molecule has 0 spiro atoms. The number of carboxylic acids is 2. The minimum Gasteiger partial charge on any atom is -0.478 e. The van der Waals surface area contributed by atoms with E-state index in [0.29, 0.717) is 5.91 Å². The second kappa shape index (κ2) is 7.34. The van der Waals surface area contributed by atoms with Gasteiger partial charge in [0.05, 0.1) is 10.5 Å². The maximum absolute atomic E-state index is 10.7. The topological polar surface area (TPSA) is 138 Å². The van der Waals surface area contributed by atoms with E-state index < -0.39 is 28.1 Å². The zero-order valence-corrected chi connectivity index (χ0v) is 12.6. The van der Waals surface area contributed by atoms with E-state index in [1.807, 2.05) is 7.05 Å². The Morgan fingerprint density at radius 1 is 1.22 bits per heavy atom. The van der Waals surface area contributed by atoms with Gasteiger partial charge in [-0.25, -0.2) is 9.59 Å². The number of benzene rings is 1. The first-order valence-electron chi connectivity index (χ1n) is 6.65. The molecule has 2 rings (SSSR count). The smallest absolute Gasteiger partial charge is 0.342 e. The molecule has 1 fully saturated rings. The lowest BCUT2D eigenvalue weighted by atomic mass is 10.0. The number of rotatable bonds is 3. The van der Waals surface area contributed by atoms with E-state index in [2.05, 4.69) is 0 Å². The fourth-order valence-corrected chi connectivity index (χ4v) is 2.12. The predicted octanol–water partition coefficient (Wildman–Crippen LogP) is 1.54. The second-order valence-corrected chi connectivity index (χ2v) is 4.92. The first-order chi connectivity index (χ1) is 10.7. The third-order valence-electron chi connectivity index (χ3n) is 3.38. The van der Waals surface area contributed by atoms with Crippen LogP contribution >= 0.6 is 0 Å². The number of carbonyl (C=O) groups is 3. The standard InChI is InChI=1S/C9H7NO6.C5H9NO/c1-4-5(8(11)12)2-3-6(9(13)14)7(4)10(15)16;1-6-4-2-3-5(6)7/h2-3H,1H3,(H,11,12)(H,13,14);2-4H2,1H3. The highest BCUT2D eigenvalue weighted by molar-refractivity contribution is 5.97. The van der Waals surface area contributed by atoms with E-state index in [1.54, 1.807) is 4.90 Å². The van der Waals surface area contributed by atoms with Gasteiger partial charge in [-0.2, -0.15) is 0 Å². The van der Waals surface area contributed by atoms with Crippen LogP contribution in [0.25, 0.3) is 0 Å². The summed E-state index contributed by atoms with van der Waals surface area (Å²) in [5, 5.41) is 28.1. The summed E-state index contributed by atoms with van der Waals surface area (Å²) in [5.41, 5.74) is -1.66. The summed E-state index contributed by atoms with van der Waals surface area (Å²) in [5.74, 6) is -2.51. The number of likely N-dealkylation sites (tertiary alicyclic amines) is 1. The molecule has 0 atom stereocenters. The minimum absolute atomic E-state index is 0.169. The maximum atomic E-state index is 10.7. The molecular formula is C14H16N2O7. The molecular weight excluding hydrogens is 308 g/mol. The van der Waals surface area contributed by atoms with Crippen molar-refractivity contribution in [1.82, 2.24) is 4.90 Å². The SMILES string of the molecule is CN1CCCC1=O.Cc1c(C(=O)O)ccc(C(=O)O)c1[N+](=O)[O-]. The Morgan fingerprint density at radius 3 is 2.04 bits per heavy atom. The van der Waals surface area contributed by atoms with Crippen LogP contribution in [0.4, 0.5) is 5.69 Å². The zero-order chi connectivity index (χ0) is 17.7. The van der Waals surface area contributed by atoms with Crippen LogP contribution < -0.4 is 0 Å². The Hall–Kier alpha value is -2.97. The van der Waals surface area contributed by atoms with Crippen LogP contribution in [0.5, 0.6) is 0 Å². The van der Waals surface area contributed by atoms with Crippen LogP contribution in [-0.4, -0.2) is 51.5 Å². The van der Waals surface area contributed by atoms with Gasteiger partial charge in [0.25, 0.3) is 5.69 Å². The molecule has 1 aromatic rings. The number of hydrogen-bond acceptors (Lipinski definition) is 5.